The standard InChI is InChI=1S/C15H15NO4S/c17-14(18)13(9-12-7-4-8-21-12)16-15(19)20-10-11-5-2-1-3-6-11/h1-8,13H,9-10H2,(H,16,19)(H,17,18)/t13-/m0/s1/i7D. The molecule has 0 radical (unpaired) electrons. The first-order valence-electron chi connectivity index (χ1n) is 6.79. The van der Waals surface area contributed by atoms with E-state index >= 15 is 0 Å². The summed E-state index contributed by atoms with van der Waals surface area (Å²) in [5.74, 6) is -1.16. The van der Waals surface area contributed by atoms with E-state index in [0.717, 1.165) is 5.56 Å². The van der Waals surface area contributed by atoms with Crippen molar-refractivity contribution in [1.82, 2.24) is 5.32 Å². The molecule has 2 rings (SSSR count). The largest absolute Gasteiger partial charge is 0.480 e. The van der Waals surface area contributed by atoms with Crippen LogP contribution in [-0.2, 0) is 22.6 Å². The van der Waals surface area contributed by atoms with Crippen molar-refractivity contribution in [2.45, 2.75) is 19.1 Å². The third-order valence-electron chi connectivity index (χ3n) is 2.72. The van der Waals surface area contributed by atoms with Gasteiger partial charge in [-0.15, -0.1) is 11.3 Å². The number of thiophene rings is 1. The summed E-state index contributed by atoms with van der Waals surface area (Å²) in [4.78, 5) is 23.5. The highest BCUT2D eigenvalue weighted by Gasteiger charge is 2.21. The lowest BCUT2D eigenvalue weighted by molar-refractivity contribution is -0.139. The van der Waals surface area contributed by atoms with Gasteiger partial charge in [0.2, 0.25) is 0 Å². The molecule has 0 spiro atoms. The van der Waals surface area contributed by atoms with Gasteiger partial charge in [0.05, 0.1) is 1.37 Å². The average molecular weight is 306 g/mol. The van der Waals surface area contributed by atoms with Crippen molar-refractivity contribution in [3.05, 3.63) is 58.3 Å². The lowest BCUT2D eigenvalue weighted by atomic mass is 10.2. The van der Waals surface area contributed by atoms with E-state index in [2.05, 4.69) is 5.32 Å². The number of benzene rings is 1. The number of carboxylic acids is 1. The minimum atomic E-state index is -1.16. The number of carboxylic acid groups (broad SMARTS) is 1. The monoisotopic (exact) mass is 306 g/mol. The molecule has 1 amide bonds. The van der Waals surface area contributed by atoms with Crippen LogP contribution < -0.4 is 5.32 Å². The van der Waals surface area contributed by atoms with E-state index < -0.39 is 18.1 Å². The minimum absolute atomic E-state index is 0.0618. The topological polar surface area (TPSA) is 75.6 Å². The zero-order chi connectivity index (χ0) is 15.9. The van der Waals surface area contributed by atoms with Crippen LogP contribution in [0.25, 0.3) is 0 Å². The molecule has 21 heavy (non-hydrogen) atoms. The first-order chi connectivity index (χ1) is 10.6. The van der Waals surface area contributed by atoms with E-state index in [1.807, 2.05) is 18.2 Å². The van der Waals surface area contributed by atoms with E-state index in [9.17, 15) is 14.7 Å². The van der Waals surface area contributed by atoms with Gasteiger partial charge in [-0.25, -0.2) is 9.59 Å². The van der Waals surface area contributed by atoms with Gasteiger partial charge in [0.25, 0.3) is 0 Å². The highest BCUT2D eigenvalue weighted by atomic mass is 32.1. The van der Waals surface area contributed by atoms with Gasteiger partial charge in [-0.3, -0.25) is 0 Å². The maximum atomic E-state index is 11.7. The SMILES string of the molecule is [2H]c1ccsc1C[C@H](NC(=O)OCc1ccccc1)C(=O)O. The highest BCUT2D eigenvalue weighted by molar-refractivity contribution is 7.09. The molecule has 2 aromatic rings. The Labute approximate surface area is 127 Å². The van der Waals surface area contributed by atoms with Crippen LogP contribution in [0, 0.1) is 0 Å². The molecule has 1 aromatic heterocycles. The molecular formula is C15H15NO4S. The van der Waals surface area contributed by atoms with Crippen LogP contribution in [0.1, 0.15) is 11.8 Å². The van der Waals surface area contributed by atoms with Crippen molar-refractivity contribution in [3.63, 3.8) is 0 Å². The Balaban J connectivity index is 1.89. The van der Waals surface area contributed by atoms with Crippen LogP contribution in [0.2, 0.25) is 0 Å². The smallest absolute Gasteiger partial charge is 0.408 e. The van der Waals surface area contributed by atoms with Gasteiger partial charge in [0.1, 0.15) is 12.6 Å². The molecule has 0 fully saturated rings. The van der Waals surface area contributed by atoms with Crippen molar-refractivity contribution in [2.24, 2.45) is 0 Å². The Hall–Kier alpha value is -2.34. The fourth-order valence-corrected chi connectivity index (χ4v) is 2.38. The van der Waals surface area contributed by atoms with Gasteiger partial charge in [-0.05, 0) is 17.0 Å². The van der Waals surface area contributed by atoms with Gasteiger partial charge < -0.3 is 15.2 Å². The molecule has 1 aromatic carbocycles. The second-order valence-electron chi connectivity index (χ2n) is 4.29. The third-order valence-corrected chi connectivity index (χ3v) is 3.56. The second kappa shape index (κ2) is 7.44. The molecule has 0 unspecified atom stereocenters. The zero-order valence-corrected chi connectivity index (χ0v) is 11.9. The molecular weight excluding hydrogens is 290 g/mol. The average Bonchev–Trinajstić information content (AvgIpc) is 2.91. The summed E-state index contributed by atoms with van der Waals surface area (Å²) in [6, 6.07) is 9.85. The molecule has 110 valence electrons. The Morgan fingerprint density at radius 2 is 2.10 bits per heavy atom. The lowest BCUT2D eigenvalue weighted by Crippen LogP contribution is -2.42. The maximum Gasteiger partial charge on any atom is 0.408 e. The number of hydrogen-bond acceptors (Lipinski definition) is 4. The van der Waals surface area contributed by atoms with Crippen LogP contribution >= 0.6 is 11.3 Å². The second-order valence-corrected chi connectivity index (χ2v) is 5.29. The number of alkyl carbamates (subject to hydrolysis) is 1. The highest BCUT2D eigenvalue weighted by Crippen LogP contribution is 2.11. The van der Waals surface area contributed by atoms with Crippen molar-refractivity contribution >= 4 is 23.4 Å². The maximum absolute atomic E-state index is 11.7. The Morgan fingerprint density at radius 3 is 2.71 bits per heavy atom. The number of carbonyl (C=O) groups is 2. The molecule has 0 aliphatic heterocycles. The van der Waals surface area contributed by atoms with E-state index in [-0.39, 0.29) is 19.1 Å². The van der Waals surface area contributed by atoms with E-state index in [1.165, 1.54) is 11.3 Å². The number of rotatable bonds is 6. The predicted octanol–water partition coefficient (Wildman–Crippen LogP) is 2.67. The first-order valence-corrected chi connectivity index (χ1v) is 7.17. The van der Waals surface area contributed by atoms with Gasteiger partial charge >= 0.3 is 12.1 Å². The summed E-state index contributed by atoms with van der Waals surface area (Å²) >= 11 is 1.29. The zero-order valence-electron chi connectivity index (χ0n) is 12.1. The number of ether oxygens (including phenoxy) is 1. The van der Waals surface area contributed by atoms with Gasteiger partial charge in [0, 0.05) is 11.3 Å². The molecule has 0 bridgehead atoms. The van der Waals surface area contributed by atoms with Crippen molar-refractivity contribution < 1.29 is 20.8 Å². The Kier molecular flexibility index (Phi) is 4.83. The van der Waals surface area contributed by atoms with E-state index in [1.54, 1.807) is 23.6 Å². The van der Waals surface area contributed by atoms with E-state index in [0.29, 0.717) is 4.88 Å². The van der Waals surface area contributed by atoms with Crippen molar-refractivity contribution in [1.29, 1.82) is 0 Å². The van der Waals surface area contributed by atoms with Crippen LogP contribution in [0.3, 0.4) is 0 Å². The summed E-state index contributed by atoms with van der Waals surface area (Å²) in [7, 11) is 0. The van der Waals surface area contributed by atoms with Gasteiger partial charge in [-0.1, -0.05) is 36.4 Å². The molecule has 0 saturated heterocycles. The molecule has 0 aliphatic carbocycles. The normalized spacial score (nSPS) is 12.3. The number of amides is 1. The summed E-state index contributed by atoms with van der Waals surface area (Å²) in [6.07, 6.45) is -0.731. The number of aliphatic carboxylic acids is 1. The molecule has 5 nitrogen and oxygen atoms in total. The summed E-state index contributed by atoms with van der Waals surface area (Å²) in [5, 5.41) is 13.2. The van der Waals surface area contributed by atoms with Crippen LogP contribution in [0.15, 0.2) is 47.8 Å². The summed E-state index contributed by atoms with van der Waals surface area (Å²) in [5.41, 5.74) is 0.816. The van der Waals surface area contributed by atoms with Crippen LogP contribution in [0.4, 0.5) is 4.79 Å². The van der Waals surface area contributed by atoms with Crippen molar-refractivity contribution in [3.8, 4) is 0 Å². The molecule has 6 heteroatoms. The number of carbonyl (C=O) groups excluding carboxylic acids is 1. The third kappa shape index (κ3) is 4.92. The molecule has 1 atom stereocenters. The van der Waals surface area contributed by atoms with Crippen molar-refractivity contribution in [2.75, 3.05) is 0 Å². The number of hydrogen-bond donors (Lipinski definition) is 2. The van der Waals surface area contributed by atoms with Gasteiger partial charge in [-0.2, -0.15) is 0 Å². The predicted molar refractivity (Wildman–Crippen MR) is 79.2 cm³/mol. The molecule has 0 aliphatic rings. The molecule has 1 heterocycles. The van der Waals surface area contributed by atoms with Crippen LogP contribution in [-0.4, -0.2) is 23.2 Å². The minimum Gasteiger partial charge on any atom is -0.480 e. The number of nitrogens with one attached hydrogen (secondary N) is 1. The summed E-state index contributed by atoms with van der Waals surface area (Å²) in [6.45, 7) is 0.0711. The quantitative estimate of drug-likeness (QED) is 0.860. The van der Waals surface area contributed by atoms with Crippen LogP contribution in [0.5, 0.6) is 0 Å². The van der Waals surface area contributed by atoms with Gasteiger partial charge in [0.15, 0.2) is 0 Å². The molecule has 2 N–H and O–H groups in total. The lowest BCUT2D eigenvalue weighted by Gasteiger charge is -2.13. The van der Waals surface area contributed by atoms with E-state index in [4.69, 9.17) is 6.11 Å². The Morgan fingerprint density at radius 1 is 1.33 bits per heavy atom. The Bertz CT molecular complexity index is 644. The first kappa shape index (κ1) is 13.6. The fraction of sp³-hybridized carbons (Fsp3) is 0.200. The summed E-state index contributed by atoms with van der Waals surface area (Å²) < 4.78 is 12.6. The molecule has 0 saturated carbocycles. The fourth-order valence-electron chi connectivity index (χ4n) is 1.68.